The lowest BCUT2D eigenvalue weighted by atomic mass is 10.2. The zero-order valence-electron chi connectivity index (χ0n) is 13.9. The molecule has 6 nitrogen and oxygen atoms in total. The summed E-state index contributed by atoms with van der Waals surface area (Å²) in [4.78, 5) is 12.1. The fourth-order valence-corrected chi connectivity index (χ4v) is 2.89. The Bertz CT molecular complexity index is 660. The highest BCUT2D eigenvalue weighted by Crippen LogP contribution is 2.18. The lowest BCUT2D eigenvalue weighted by Gasteiger charge is -2.08. The van der Waals surface area contributed by atoms with E-state index in [0.29, 0.717) is 30.6 Å². The molecule has 3 rings (SSSR count). The largest absolute Gasteiger partial charge is 0.497 e. The van der Waals surface area contributed by atoms with Crippen molar-refractivity contribution in [3.63, 3.8) is 0 Å². The molecule has 1 aromatic carbocycles. The monoisotopic (exact) mass is 329 g/mol. The SMILES string of the molecule is COc1ccc(CNC(=O)c2cc(CNC3CCCC3)on2)cc1. The van der Waals surface area contributed by atoms with E-state index in [2.05, 4.69) is 15.8 Å². The standard InChI is InChI=1S/C18H23N3O3/c1-23-15-8-6-13(7-9-15)11-20-18(22)17-10-16(24-21-17)12-19-14-4-2-3-5-14/h6-10,14,19H,2-5,11-12H2,1H3,(H,20,22). The molecule has 1 aliphatic rings. The van der Waals surface area contributed by atoms with E-state index in [4.69, 9.17) is 9.26 Å². The van der Waals surface area contributed by atoms with Gasteiger partial charge in [0.25, 0.3) is 5.91 Å². The van der Waals surface area contributed by atoms with Crippen molar-refractivity contribution in [3.8, 4) is 5.75 Å². The molecule has 24 heavy (non-hydrogen) atoms. The number of ether oxygens (including phenoxy) is 1. The number of rotatable bonds is 7. The van der Waals surface area contributed by atoms with Crippen LogP contribution in [0.4, 0.5) is 0 Å². The van der Waals surface area contributed by atoms with Crippen molar-refractivity contribution in [3.05, 3.63) is 47.3 Å². The summed E-state index contributed by atoms with van der Waals surface area (Å²) in [6.07, 6.45) is 4.99. The van der Waals surface area contributed by atoms with Crippen molar-refractivity contribution in [1.82, 2.24) is 15.8 Å². The van der Waals surface area contributed by atoms with Gasteiger partial charge in [0.05, 0.1) is 13.7 Å². The first-order valence-corrected chi connectivity index (χ1v) is 8.34. The van der Waals surface area contributed by atoms with Gasteiger partial charge in [0.2, 0.25) is 0 Å². The fraction of sp³-hybridized carbons (Fsp3) is 0.444. The number of carbonyl (C=O) groups is 1. The highest BCUT2D eigenvalue weighted by atomic mass is 16.5. The Morgan fingerprint density at radius 3 is 2.71 bits per heavy atom. The van der Waals surface area contributed by atoms with Crippen LogP contribution in [0.1, 0.15) is 47.5 Å². The molecule has 1 amide bonds. The number of hydrogen-bond acceptors (Lipinski definition) is 5. The van der Waals surface area contributed by atoms with Gasteiger partial charge in [-0.05, 0) is 30.5 Å². The number of amides is 1. The van der Waals surface area contributed by atoms with Crippen LogP contribution in [-0.2, 0) is 13.1 Å². The van der Waals surface area contributed by atoms with E-state index in [1.165, 1.54) is 25.7 Å². The number of methoxy groups -OCH3 is 1. The van der Waals surface area contributed by atoms with Gasteiger partial charge >= 0.3 is 0 Å². The van der Waals surface area contributed by atoms with E-state index in [9.17, 15) is 4.79 Å². The zero-order valence-corrected chi connectivity index (χ0v) is 13.9. The summed E-state index contributed by atoms with van der Waals surface area (Å²) in [5, 5.41) is 10.1. The summed E-state index contributed by atoms with van der Waals surface area (Å²) in [6, 6.07) is 9.82. The predicted octanol–water partition coefficient (Wildman–Crippen LogP) is 2.65. The maximum absolute atomic E-state index is 12.1. The first-order valence-electron chi connectivity index (χ1n) is 8.34. The van der Waals surface area contributed by atoms with Crippen LogP contribution >= 0.6 is 0 Å². The molecular formula is C18H23N3O3. The predicted molar refractivity (Wildman–Crippen MR) is 89.8 cm³/mol. The quantitative estimate of drug-likeness (QED) is 0.817. The molecule has 0 aliphatic heterocycles. The molecule has 0 atom stereocenters. The first kappa shape index (κ1) is 16.5. The summed E-state index contributed by atoms with van der Waals surface area (Å²) in [5.41, 5.74) is 1.31. The minimum absolute atomic E-state index is 0.235. The smallest absolute Gasteiger partial charge is 0.273 e. The van der Waals surface area contributed by atoms with E-state index in [1.807, 2.05) is 24.3 Å². The Morgan fingerprint density at radius 2 is 2.00 bits per heavy atom. The number of carbonyl (C=O) groups excluding carboxylic acids is 1. The van der Waals surface area contributed by atoms with Gasteiger partial charge in [-0.3, -0.25) is 4.79 Å². The van der Waals surface area contributed by atoms with Crippen LogP contribution in [0.25, 0.3) is 0 Å². The van der Waals surface area contributed by atoms with Crippen LogP contribution in [0.5, 0.6) is 5.75 Å². The fourth-order valence-electron chi connectivity index (χ4n) is 2.89. The van der Waals surface area contributed by atoms with Gasteiger partial charge in [0, 0.05) is 18.7 Å². The summed E-state index contributed by atoms with van der Waals surface area (Å²) < 4.78 is 10.3. The number of nitrogens with zero attached hydrogens (tertiary/aromatic N) is 1. The highest BCUT2D eigenvalue weighted by molar-refractivity contribution is 5.92. The van der Waals surface area contributed by atoms with Gasteiger partial charge in [-0.1, -0.05) is 30.1 Å². The van der Waals surface area contributed by atoms with Crippen LogP contribution in [0.2, 0.25) is 0 Å². The van der Waals surface area contributed by atoms with Crippen molar-refractivity contribution in [1.29, 1.82) is 0 Å². The molecule has 1 aliphatic carbocycles. The Hall–Kier alpha value is -2.34. The number of nitrogens with one attached hydrogen (secondary N) is 2. The van der Waals surface area contributed by atoms with Gasteiger partial charge in [-0.15, -0.1) is 0 Å². The Morgan fingerprint density at radius 1 is 1.25 bits per heavy atom. The van der Waals surface area contributed by atoms with Gasteiger partial charge in [0.15, 0.2) is 11.5 Å². The molecule has 0 spiro atoms. The van der Waals surface area contributed by atoms with Crippen LogP contribution in [-0.4, -0.2) is 24.2 Å². The molecule has 1 fully saturated rings. The van der Waals surface area contributed by atoms with E-state index >= 15 is 0 Å². The molecule has 2 aromatic rings. The second-order valence-corrected chi connectivity index (χ2v) is 6.07. The molecule has 0 unspecified atom stereocenters. The molecule has 0 saturated heterocycles. The van der Waals surface area contributed by atoms with Gasteiger partial charge in [-0.25, -0.2) is 0 Å². The molecule has 1 aromatic heterocycles. The van der Waals surface area contributed by atoms with Crippen LogP contribution in [0, 0.1) is 0 Å². The maximum Gasteiger partial charge on any atom is 0.273 e. The van der Waals surface area contributed by atoms with Crippen molar-refractivity contribution in [2.45, 2.75) is 44.8 Å². The van der Waals surface area contributed by atoms with E-state index in [-0.39, 0.29) is 5.91 Å². The van der Waals surface area contributed by atoms with Gasteiger partial charge in [-0.2, -0.15) is 0 Å². The third kappa shape index (κ3) is 4.35. The summed E-state index contributed by atoms with van der Waals surface area (Å²) in [7, 11) is 1.63. The van der Waals surface area contributed by atoms with Crippen LogP contribution in [0.15, 0.2) is 34.9 Å². The van der Waals surface area contributed by atoms with E-state index in [0.717, 1.165) is 11.3 Å². The van der Waals surface area contributed by atoms with E-state index < -0.39 is 0 Å². The minimum atomic E-state index is -0.235. The Kier molecular flexibility index (Phi) is 5.48. The number of aromatic nitrogens is 1. The van der Waals surface area contributed by atoms with Crippen LogP contribution < -0.4 is 15.4 Å². The molecule has 1 saturated carbocycles. The topological polar surface area (TPSA) is 76.4 Å². The number of benzene rings is 1. The molecule has 6 heteroatoms. The molecule has 128 valence electrons. The summed E-state index contributed by atoms with van der Waals surface area (Å²) >= 11 is 0. The minimum Gasteiger partial charge on any atom is -0.497 e. The first-order chi connectivity index (χ1) is 11.7. The molecule has 0 radical (unpaired) electrons. The van der Waals surface area contributed by atoms with E-state index in [1.54, 1.807) is 13.2 Å². The third-order valence-electron chi connectivity index (χ3n) is 4.32. The maximum atomic E-state index is 12.1. The second kappa shape index (κ2) is 7.97. The lowest BCUT2D eigenvalue weighted by Crippen LogP contribution is -2.25. The molecule has 0 bridgehead atoms. The molecule has 1 heterocycles. The van der Waals surface area contributed by atoms with Crippen molar-refractivity contribution >= 4 is 5.91 Å². The average Bonchev–Trinajstić information content (AvgIpc) is 3.30. The summed E-state index contributed by atoms with van der Waals surface area (Å²) in [5.74, 6) is 1.25. The van der Waals surface area contributed by atoms with Crippen molar-refractivity contribution in [2.75, 3.05) is 7.11 Å². The molecule has 2 N–H and O–H groups in total. The van der Waals surface area contributed by atoms with Crippen molar-refractivity contribution in [2.24, 2.45) is 0 Å². The number of hydrogen-bond donors (Lipinski definition) is 2. The Labute approximate surface area is 141 Å². The average molecular weight is 329 g/mol. The van der Waals surface area contributed by atoms with Gasteiger partial charge < -0.3 is 19.9 Å². The normalized spacial score (nSPS) is 14.7. The van der Waals surface area contributed by atoms with Crippen molar-refractivity contribution < 1.29 is 14.1 Å². The third-order valence-corrected chi connectivity index (χ3v) is 4.32. The molecular weight excluding hydrogens is 306 g/mol. The highest BCUT2D eigenvalue weighted by Gasteiger charge is 2.16. The second-order valence-electron chi connectivity index (χ2n) is 6.07. The van der Waals surface area contributed by atoms with Gasteiger partial charge in [0.1, 0.15) is 5.75 Å². The summed E-state index contributed by atoms with van der Waals surface area (Å²) in [6.45, 7) is 1.05. The zero-order chi connectivity index (χ0) is 16.8. The van der Waals surface area contributed by atoms with Crippen LogP contribution in [0.3, 0.4) is 0 Å². The lowest BCUT2D eigenvalue weighted by molar-refractivity contribution is 0.0941. The Balaban J connectivity index is 1.47.